The molecule has 0 aliphatic rings. The van der Waals surface area contributed by atoms with Gasteiger partial charge in [-0.2, -0.15) is 5.26 Å². The summed E-state index contributed by atoms with van der Waals surface area (Å²) in [5, 5.41) is 8.61. The van der Waals surface area contributed by atoms with E-state index in [-0.39, 0.29) is 5.56 Å². The second kappa shape index (κ2) is 4.31. The molecule has 0 bridgehead atoms. The fourth-order valence-corrected chi connectivity index (χ4v) is 2.58. The minimum Gasteiger partial charge on any atom is -0.244 e. The number of pyridine rings is 1. The van der Waals surface area contributed by atoms with Crippen molar-refractivity contribution in [1.29, 1.82) is 5.26 Å². The number of nitrogens with zero attached hydrogens (tertiary/aromatic N) is 2. The second-order valence-corrected chi connectivity index (χ2v) is 5.37. The SMILES string of the molecule is Cc1c(C(F)F)cnc(C#N)c1S(=O)(=O)Cl. The van der Waals surface area contributed by atoms with Gasteiger partial charge in [0.2, 0.25) is 0 Å². The van der Waals surface area contributed by atoms with Crippen LogP contribution in [0.4, 0.5) is 8.78 Å². The monoisotopic (exact) mass is 266 g/mol. The van der Waals surface area contributed by atoms with E-state index in [2.05, 4.69) is 4.98 Å². The van der Waals surface area contributed by atoms with Crippen LogP contribution in [-0.4, -0.2) is 13.4 Å². The zero-order chi connectivity index (χ0) is 12.5. The summed E-state index contributed by atoms with van der Waals surface area (Å²) in [6.07, 6.45) is -2.11. The number of hydrogen-bond donors (Lipinski definition) is 0. The average molecular weight is 267 g/mol. The molecule has 1 heterocycles. The highest BCUT2D eigenvalue weighted by Gasteiger charge is 2.25. The third-order valence-corrected chi connectivity index (χ3v) is 3.36. The molecule has 4 nitrogen and oxygen atoms in total. The summed E-state index contributed by atoms with van der Waals surface area (Å²) in [5.41, 5.74) is -1.30. The van der Waals surface area contributed by atoms with Gasteiger partial charge in [-0.05, 0) is 12.5 Å². The molecule has 0 spiro atoms. The predicted molar refractivity (Wildman–Crippen MR) is 51.7 cm³/mol. The Morgan fingerprint density at radius 3 is 2.50 bits per heavy atom. The highest BCUT2D eigenvalue weighted by Crippen LogP contribution is 2.29. The Hall–Kier alpha value is -1.26. The van der Waals surface area contributed by atoms with Crippen molar-refractivity contribution >= 4 is 19.7 Å². The molecule has 0 saturated carbocycles. The van der Waals surface area contributed by atoms with Crippen molar-refractivity contribution in [2.45, 2.75) is 18.2 Å². The normalized spacial score (nSPS) is 11.5. The molecule has 0 amide bonds. The minimum absolute atomic E-state index is 0.253. The van der Waals surface area contributed by atoms with E-state index in [0.717, 1.165) is 13.1 Å². The predicted octanol–water partition coefficient (Wildman–Crippen LogP) is 2.13. The van der Waals surface area contributed by atoms with E-state index >= 15 is 0 Å². The van der Waals surface area contributed by atoms with Gasteiger partial charge in [-0.3, -0.25) is 0 Å². The van der Waals surface area contributed by atoms with E-state index in [0.29, 0.717) is 0 Å². The van der Waals surface area contributed by atoms with Crippen LogP contribution in [0.25, 0.3) is 0 Å². The van der Waals surface area contributed by atoms with E-state index in [1.165, 1.54) is 6.07 Å². The van der Waals surface area contributed by atoms with Crippen molar-refractivity contribution in [3.05, 3.63) is 23.0 Å². The minimum atomic E-state index is -4.28. The maximum Gasteiger partial charge on any atom is 0.265 e. The van der Waals surface area contributed by atoms with Gasteiger partial charge in [-0.15, -0.1) is 0 Å². The first-order chi connectivity index (χ1) is 7.29. The van der Waals surface area contributed by atoms with Crippen molar-refractivity contribution in [3.8, 4) is 6.07 Å². The van der Waals surface area contributed by atoms with Crippen LogP contribution in [0.15, 0.2) is 11.1 Å². The molecular formula is C8H5ClF2N2O2S. The first-order valence-corrected chi connectivity index (χ1v) is 6.22. The Labute approximate surface area is 94.9 Å². The lowest BCUT2D eigenvalue weighted by Crippen LogP contribution is -2.05. The fourth-order valence-electron chi connectivity index (χ4n) is 1.20. The van der Waals surface area contributed by atoms with Crippen LogP contribution in [0.2, 0.25) is 0 Å². The molecule has 1 rings (SSSR count). The van der Waals surface area contributed by atoms with Gasteiger partial charge in [0.15, 0.2) is 5.69 Å². The Morgan fingerprint density at radius 2 is 2.12 bits per heavy atom. The highest BCUT2D eigenvalue weighted by atomic mass is 35.7. The van der Waals surface area contributed by atoms with Crippen LogP contribution in [0.3, 0.4) is 0 Å². The Morgan fingerprint density at radius 1 is 1.56 bits per heavy atom. The maximum atomic E-state index is 12.5. The lowest BCUT2D eigenvalue weighted by atomic mass is 10.1. The first-order valence-electron chi connectivity index (χ1n) is 3.91. The standard InChI is InChI=1S/C8H5ClF2N2O2S/c1-4-5(8(10)11)3-13-6(2-12)7(4)16(9,14)15/h3,8H,1H3. The van der Waals surface area contributed by atoms with Crippen LogP contribution in [-0.2, 0) is 9.05 Å². The zero-order valence-corrected chi connectivity index (χ0v) is 9.48. The van der Waals surface area contributed by atoms with Crippen molar-refractivity contribution < 1.29 is 17.2 Å². The maximum absolute atomic E-state index is 12.5. The van der Waals surface area contributed by atoms with Gasteiger partial charge < -0.3 is 0 Å². The van der Waals surface area contributed by atoms with Crippen LogP contribution in [0.5, 0.6) is 0 Å². The van der Waals surface area contributed by atoms with Crippen molar-refractivity contribution in [2.75, 3.05) is 0 Å². The highest BCUT2D eigenvalue weighted by molar-refractivity contribution is 8.13. The molecule has 0 N–H and O–H groups in total. The van der Waals surface area contributed by atoms with Gasteiger partial charge in [0, 0.05) is 22.4 Å². The van der Waals surface area contributed by atoms with Gasteiger partial charge in [0.05, 0.1) is 0 Å². The molecule has 0 fully saturated rings. The molecule has 0 saturated heterocycles. The summed E-state index contributed by atoms with van der Waals surface area (Å²) in [6.45, 7) is 1.15. The van der Waals surface area contributed by atoms with E-state index in [9.17, 15) is 17.2 Å². The van der Waals surface area contributed by atoms with E-state index in [4.69, 9.17) is 15.9 Å². The third kappa shape index (κ3) is 2.28. The third-order valence-electron chi connectivity index (χ3n) is 1.91. The molecule has 16 heavy (non-hydrogen) atoms. The summed E-state index contributed by atoms with van der Waals surface area (Å²) in [5.74, 6) is 0. The van der Waals surface area contributed by atoms with Crippen LogP contribution < -0.4 is 0 Å². The van der Waals surface area contributed by atoms with Crippen LogP contribution >= 0.6 is 10.7 Å². The Kier molecular flexibility index (Phi) is 3.45. The summed E-state index contributed by atoms with van der Waals surface area (Å²) >= 11 is 0. The van der Waals surface area contributed by atoms with E-state index in [1.807, 2.05) is 0 Å². The number of nitriles is 1. The molecule has 8 heteroatoms. The molecule has 0 radical (unpaired) electrons. The molecular weight excluding hydrogens is 262 g/mol. The van der Waals surface area contributed by atoms with Crippen molar-refractivity contribution in [3.63, 3.8) is 0 Å². The molecule has 1 aromatic heterocycles. The molecule has 0 aliphatic carbocycles. The van der Waals surface area contributed by atoms with E-state index < -0.39 is 31.6 Å². The average Bonchev–Trinajstić information content (AvgIpc) is 2.14. The first kappa shape index (κ1) is 12.8. The topological polar surface area (TPSA) is 70.8 Å². The number of alkyl halides is 2. The number of aromatic nitrogens is 1. The lowest BCUT2D eigenvalue weighted by molar-refractivity contribution is 0.150. The molecule has 0 unspecified atom stereocenters. The molecule has 0 atom stereocenters. The second-order valence-electron chi connectivity index (χ2n) is 2.87. The Bertz CT molecular complexity index is 566. The molecule has 1 aromatic rings. The van der Waals surface area contributed by atoms with Gasteiger partial charge in [0.25, 0.3) is 15.5 Å². The number of hydrogen-bond acceptors (Lipinski definition) is 4. The largest absolute Gasteiger partial charge is 0.265 e. The quantitative estimate of drug-likeness (QED) is 0.769. The summed E-state index contributed by atoms with van der Waals surface area (Å²) in [6, 6.07) is 1.49. The number of rotatable bonds is 2. The van der Waals surface area contributed by atoms with Crippen LogP contribution in [0, 0.1) is 18.3 Å². The van der Waals surface area contributed by atoms with Gasteiger partial charge in [-0.25, -0.2) is 22.2 Å². The van der Waals surface area contributed by atoms with Gasteiger partial charge in [0.1, 0.15) is 11.0 Å². The summed E-state index contributed by atoms with van der Waals surface area (Å²) in [7, 11) is 0.782. The van der Waals surface area contributed by atoms with Gasteiger partial charge >= 0.3 is 0 Å². The lowest BCUT2D eigenvalue weighted by Gasteiger charge is -2.08. The zero-order valence-electron chi connectivity index (χ0n) is 7.91. The van der Waals surface area contributed by atoms with Crippen LogP contribution in [0.1, 0.15) is 23.2 Å². The molecule has 0 aliphatic heterocycles. The van der Waals surface area contributed by atoms with Crippen molar-refractivity contribution in [1.82, 2.24) is 4.98 Å². The molecule has 86 valence electrons. The van der Waals surface area contributed by atoms with E-state index in [1.54, 1.807) is 0 Å². The van der Waals surface area contributed by atoms with Crippen molar-refractivity contribution in [2.24, 2.45) is 0 Å². The fraction of sp³-hybridized carbons (Fsp3) is 0.250. The molecule has 0 aromatic carbocycles. The smallest absolute Gasteiger partial charge is 0.244 e. The summed E-state index contributed by atoms with van der Waals surface area (Å²) < 4.78 is 47.2. The van der Waals surface area contributed by atoms with Gasteiger partial charge in [-0.1, -0.05) is 0 Å². The summed E-state index contributed by atoms with van der Waals surface area (Å²) in [4.78, 5) is 2.68. The Balaban J connectivity index is 3.69. The number of halogens is 3.